The highest BCUT2D eigenvalue weighted by Crippen LogP contribution is 2.19. The number of hydrogen-bond donors (Lipinski definition) is 1. The molecule has 112 valence electrons. The second-order valence-electron chi connectivity index (χ2n) is 5.15. The summed E-state index contributed by atoms with van der Waals surface area (Å²) in [4.78, 5) is 6.80. The van der Waals surface area contributed by atoms with Crippen LogP contribution in [0.15, 0.2) is 29.6 Å². The third-order valence-electron chi connectivity index (χ3n) is 3.41. The summed E-state index contributed by atoms with van der Waals surface area (Å²) in [5.74, 6) is 0.791. The van der Waals surface area contributed by atoms with Gasteiger partial charge in [-0.2, -0.15) is 0 Å². The molecule has 2 aromatic rings. The predicted octanol–water partition coefficient (Wildman–Crippen LogP) is 2.94. The van der Waals surface area contributed by atoms with Crippen LogP contribution in [0.25, 0.3) is 0 Å². The summed E-state index contributed by atoms with van der Waals surface area (Å²) in [6, 6.07) is 7.32. The third kappa shape index (κ3) is 4.17. The monoisotopic (exact) mass is 324 g/mol. The average molecular weight is 325 g/mol. The van der Waals surface area contributed by atoms with E-state index >= 15 is 0 Å². The normalized spacial score (nSPS) is 19.0. The molecule has 0 saturated carbocycles. The standard InChI is InChI=1S/C15H17ClN2O2S/c16-11-1-3-14(4-2-11)20-9-15-17-12(10-21-15)7-18-6-5-13(19)8-18/h1-4,10,13,19H,5-9H2/t13-/m0/s1. The van der Waals surface area contributed by atoms with Gasteiger partial charge in [0.15, 0.2) is 0 Å². The maximum absolute atomic E-state index is 9.52. The van der Waals surface area contributed by atoms with Crippen molar-refractivity contribution in [2.75, 3.05) is 13.1 Å². The minimum absolute atomic E-state index is 0.184. The molecular formula is C15H17ClN2O2S. The second-order valence-corrected chi connectivity index (χ2v) is 6.53. The first-order chi connectivity index (χ1) is 10.2. The van der Waals surface area contributed by atoms with Crippen LogP contribution >= 0.6 is 22.9 Å². The summed E-state index contributed by atoms with van der Waals surface area (Å²) in [7, 11) is 0. The summed E-state index contributed by atoms with van der Waals surface area (Å²) < 4.78 is 5.68. The Hall–Kier alpha value is -1.14. The van der Waals surface area contributed by atoms with Gasteiger partial charge in [-0.15, -0.1) is 11.3 Å². The van der Waals surface area contributed by atoms with E-state index in [2.05, 4.69) is 15.3 Å². The molecule has 1 aromatic heterocycles. The minimum Gasteiger partial charge on any atom is -0.486 e. The van der Waals surface area contributed by atoms with Gasteiger partial charge in [0, 0.05) is 30.0 Å². The van der Waals surface area contributed by atoms with Gasteiger partial charge in [0.05, 0.1) is 11.8 Å². The van der Waals surface area contributed by atoms with E-state index in [0.717, 1.165) is 42.5 Å². The van der Waals surface area contributed by atoms with Crippen molar-refractivity contribution < 1.29 is 9.84 Å². The van der Waals surface area contributed by atoms with Crippen molar-refractivity contribution in [3.8, 4) is 5.75 Å². The van der Waals surface area contributed by atoms with E-state index in [1.807, 2.05) is 24.3 Å². The van der Waals surface area contributed by atoms with Crippen molar-refractivity contribution in [1.29, 1.82) is 0 Å². The van der Waals surface area contributed by atoms with Gasteiger partial charge in [0.25, 0.3) is 0 Å². The lowest BCUT2D eigenvalue weighted by molar-refractivity contribution is 0.174. The van der Waals surface area contributed by atoms with E-state index in [4.69, 9.17) is 16.3 Å². The number of halogens is 1. The highest BCUT2D eigenvalue weighted by molar-refractivity contribution is 7.09. The van der Waals surface area contributed by atoms with Gasteiger partial charge >= 0.3 is 0 Å². The van der Waals surface area contributed by atoms with Crippen molar-refractivity contribution in [1.82, 2.24) is 9.88 Å². The fourth-order valence-corrected chi connectivity index (χ4v) is 3.17. The van der Waals surface area contributed by atoms with Gasteiger partial charge in [0.2, 0.25) is 0 Å². The molecule has 0 radical (unpaired) electrons. The Balaban J connectivity index is 1.51. The number of hydrogen-bond acceptors (Lipinski definition) is 5. The zero-order chi connectivity index (χ0) is 14.7. The molecule has 4 nitrogen and oxygen atoms in total. The number of thiazole rings is 1. The number of rotatable bonds is 5. The highest BCUT2D eigenvalue weighted by atomic mass is 35.5. The fourth-order valence-electron chi connectivity index (χ4n) is 2.35. The molecule has 0 aliphatic carbocycles. The Morgan fingerprint density at radius 3 is 2.90 bits per heavy atom. The smallest absolute Gasteiger partial charge is 0.140 e. The molecule has 0 spiro atoms. The molecule has 1 aliphatic heterocycles. The van der Waals surface area contributed by atoms with Gasteiger partial charge in [-0.1, -0.05) is 11.6 Å². The predicted molar refractivity (Wildman–Crippen MR) is 83.8 cm³/mol. The Kier molecular flexibility index (Phi) is 4.75. The molecule has 21 heavy (non-hydrogen) atoms. The summed E-state index contributed by atoms with van der Waals surface area (Å²) in [5, 5.41) is 13.2. The summed E-state index contributed by atoms with van der Waals surface area (Å²) >= 11 is 7.44. The van der Waals surface area contributed by atoms with Crippen LogP contribution < -0.4 is 4.74 Å². The van der Waals surface area contributed by atoms with Crippen LogP contribution in [-0.4, -0.2) is 34.2 Å². The number of benzene rings is 1. The molecular weight excluding hydrogens is 308 g/mol. The number of β-amino-alcohol motifs (C(OH)–C–C–N with tert-alkyl or cyclic N) is 1. The van der Waals surface area contributed by atoms with Crippen LogP contribution in [0.5, 0.6) is 5.75 Å². The fraction of sp³-hybridized carbons (Fsp3) is 0.400. The SMILES string of the molecule is O[C@H]1CCN(Cc2csc(COc3ccc(Cl)cc3)n2)C1. The molecule has 1 atom stereocenters. The van der Waals surface area contributed by atoms with Gasteiger partial charge in [-0.3, -0.25) is 4.90 Å². The molecule has 0 bridgehead atoms. The first-order valence-corrected chi connectivity index (χ1v) is 8.17. The van der Waals surface area contributed by atoms with E-state index in [9.17, 15) is 5.11 Å². The lowest BCUT2D eigenvalue weighted by atomic mass is 10.3. The van der Waals surface area contributed by atoms with Crippen LogP contribution in [0, 0.1) is 0 Å². The number of nitrogens with zero attached hydrogens (tertiary/aromatic N) is 2. The van der Waals surface area contributed by atoms with Crippen molar-refractivity contribution in [2.45, 2.75) is 25.7 Å². The molecule has 1 aromatic carbocycles. The van der Waals surface area contributed by atoms with E-state index < -0.39 is 0 Å². The van der Waals surface area contributed by atoms with Gasteiger partial charge in [-0.25, -0.2) is 4.98 Å². The molecule has 1 aliphatic rings. The zero-order valence-electron chi connectivity index (χ0n) is 11.5. The van der Waals surface area contributed by atoms with Gasteiger partial charge in [0.1, 0.15) is 17.4 Å². The Morgan fingerprint density at radius 2 is 2.19 bits per heavy atom. The van der Waals surface area contributed by atoms with Gasteiger partial charge in [-0.05, 0) is 30.7 Å². The number of ether oxygens (including phenoxy) is 1. The molecule has 6 heteroatoms. The molecule has 2 heterocycles. The molecule has 0 amide bonds. The van der Waals surface area contributed by atoms with Crippen molar-refractivity contribution in [3.05, 3.63) is 45.4 Å². The number of aliphatic hydroxyl groups is 1. The maximum atomic E-state index is 9.52. The molecule has 1 fully saturated rings. The topological polar surface area (TPSA) is 45.6 Å². The molecule has 1 N–H and O–H groups in total. The van der Waals surface area contributed by atoms with E-state index in [1.165, 1.54) is 0 Å². The summed E-state index contributed by atoms with van der Waals surface area (Å²) in [5.41, 5.74) is 1.05. The second kappa shape index (κ2) is 6.75. The molecule has 0 unspecified atom stereocenters. The average Bonchev–Trinajstić information content (AvgIpc) is 3.08. The van der Waals surface area contributed by atoms with E-state index in [0.29, 0.717) is 11.6 Å². The van der Waals surface area contributed by atoms with Gasteiger partial charge < -0.3 is 9.84 Å². The Bertz CT molecular complexity index is 588. The summed E-state index contributed by atoms with van der Waals surface area (Å²) in [6.07, 6.45) is 0.674. The van der Waals surface area contributed by atoms with Crippen LogP contribution in [-0.2, 0) is 13.2 Å². The number of aromatic nitrogens is 1. The lowest BCUT2D eigenvalue weighted by Crippen LogP contribution is -2.21. The van der Waals surface area contributed by atoms with Crippen LogP contribution in [0.3, 0.4) is 0 Å². The minimum atomic E-state index is -0.184. The molecule has 3 rings (SSSR count). The zero-order valence-corrected chi connectivity index (χ0v) is 13.1. The van der Waals surface area contributed by atoms with Crippen molar-refractivity contribution in [2.24, 2.45) is 0 Å². The first-order valence-electron chi connectivity index (χ1n) is 6.91. The van der Waals surface area contributed by atoms with Crippen molar-refractivity contribution in [3.63, 3.8) is 0 Å². The lowest BCUT2D eigenvalue weighted by Gasteiger charge is -2.12. The van der Waals surface area contributed by atoms with E-state index in [1.54, 1.807) is 11.3 Å². The van der Waals surface area contributed by atoms with Crippen molar-refractivity contribution >= 4 is 22.9 Å². The number of aliphatic hydroxyl groups excluding tert-OH is 1. The maximum Gasteiger partial charge on any atom is 0.140 e. The van der Waals surface area contributed by atoms with Crippen LogP contribution in [0.2, 0.25) is 5.02 Å². The highest BCUT2D eigenvalue weighted by Gasteiger charge is 2.20. The third-order valence-corrected chi connectivity index (χ3v) is 4.53. The van der Waals surface area contributed by atoms with Crippen LogP contribution in [0.4, 0.5) is 0 Å². The Labute approximate surface area is 133 Å². The quantitative estimate of drug-likeness (QED) is 0.918. The number of likely N-dealkylation sites (tertiary alicyclic amines) is 1. The Morgan fingerprint density at radius 1 is 1.38 bits per heavy atom. The largest absolute Gasteiger partial charge is 0.486 e. The first kappa shape index (κ1) is 14.8. The van der Waals surface area contributed by atoms with E-state index in [-0.39, 0.29) is 6.10 Å². The summed E-state index contributed by atoms with van der Waals surface area (Å²) in [6.45, 7) is 2.95. The van der Waals surface area contributed by atoms with Crippen LogP contribution in [0.1, 0.15) is 17.1 Å². The molecule has 1 saturated heterocycles.